The molecule has 6 heteroatoms. The van der Waals surface area contributed by atoms with Gasteiger partial charge in [-0.25, -0.2) is 0 Å². The number of rotatable bonds is 6. The minimum atomic E-state index is 0.0216. The highest BCUT2D eigenvalue weighted by Gasteiger charge is 2.43. The Kier molecular flexibility index (Phi) is 5.69. The van der Waals surface area contributed by atoms with Gasteiger partial charge in [0, 0.05) is 50.7 Å². The van der Waals surface area contributed by atoms with Gasteiger partial charge >= 0.3 is 0 Å². The summed E-state index contributed by atoms with van der Waals surface area (Å²) in [4.78, 5) is 16.4. The molecule has 5 nitrogen and oxygen atoms in total. The lowest BCUT2D eigenvalue weighted by atomic mass is 9.82. The van der Waals surface area contributed by atoms with Crippen LogP contribution in [0.25, 0.3) is 0 Å². The predicted octanol–water partition coefficient (Wildman–Crippen LogP) is 1.66. The van der Waals surface area contributed by atoms with E-state index in [9.17, 15) is 4.79 Å². The maximum atomic E-state index is 12.6. The third kappa shape index (κ3) is 3.94. The lowest BCUT2D eigenvalue weighted by molar-refractivity contribution is -0.131. The molecule has 1 aromatic heterocycles. The van der Waals surface area contributed by atoms with E-state index < -0.39 is 0 Å². The van der Waals surface area contributed by atoms with Gasteiger partial charge in [0.25, 0.3) is 0 Å². The number of hydrogen-bond acceptors (Lipinski definition) is 5. The number of fused-ring (bicyclic) bond motifs is 1. The van der Waals surface area contributed by atoms with Crippen LogP contribution in [0.4, 0.5) is 0 Å². The second-order valence-corrected chi connectivity index (χ2v) is 7.47. The van der Waals surface area contributed by atoms with E-state index in [0.29, 0.717) is 19.1 Å². The number of likely N-dealkylation sites (tertiary alicyclic amines) is 1. The Morgan fingerprint density at radius 3 is 3.13 bits per heavy atom. The molecule has 1 aromatic rings. The molecule has 0 aliphatic carbocycles. The highest BCUT2D eigenvalue weighted by atomic mass is 32.1. The predicted molar refractivity (Wildman–Crippen MR) is 90.6 cm³/mol. The van der Waals surface area contributed by atoms with Gasteiger partial charge in [-0.1, -0.05) is 0 Å². The van der Waals surface area contributed by atoms with Crippen LogP contribution in [0.5, 0.6) is 0 Å². The Morgan fingerprint density at radius 2 is 2.39 bits per heavy atom. The van der Waals surface area contributed by atoms with E-state index in [-0.39, 0.29) is 17.9 Å². The van der Waals surface area contributed by atoms with Gasteiger partial charge in [-0.15, -0.1) is 11.3 Å². The van der Waals surface area contributed by atoms with Crippen molar-refractivity contribution in [2.75, 3.05) is 40.0 Å². The zero-order valence-electron chi connectivity index (χ0n) is 13.9. The van der Waals surface area contributed by atoms with E-state index >= 15 is 0 Å². The average molecular weight is 338 g/mol. The first kappa shape index (κ1) is 16.9. The molecule has 0 aromatic carbocycles. The molecule has 3 heterocycles. The Bertz CT molecular complexity index is 534. The molecule has 0 unspecified atom stereocenters. The van der Waals surface area contributed by atoms with Gasteiger partial charge in [0.1, 0.15) is 0 Å². The zero-order chi connectivity index (χ0) is 16.2. The molecule has 1 N–H and O–H groups in total. The smallest absolute Gasteiger partial charge is 0.224 e. The summed E-state index contributed by atoms with van der Waals surface area (Å²) in [5, 5.41) is 5.15. The summed E-state index contributed by atoms with van der Waals surface area (Å²) in [5.74, 6) is 0.529. The summed E-state index contributed by atoms with van der Waals surface area (Å²) in [7, 11) is 1.65. The quantitative estimate of drug-likeness (QED) is 0.802. The van der Waals surface area contributed by atoms with E-state index in [4.69, 9.17) is 9.47 Å². The molecule has 2 saturated heterocycles. The van der Waals surface area contributed by atoms with Crippen LogP contribution >= 0.6 is 11.3 Å². The Morgan fingerprint density at radius 1 is 1.52 bits per heavy atom. The number of aryl methyl sites for hydroxylation is 1. The Labute approximate surface area is 142 Å². The first-order chi connectivity index (χ1) is 11.2. The number of nitrogens with zero attached hydrogens (tertiary/aromatic N) is 1. The topological polar surface area (TPSA) is 50.8 Å². The van der Waals surface area contributed by atoms with E-state index in [2.05, 4.69) is 28.6 Å². The third-order valence-corrected chi connectivity index (χ3v) is 5.96. The second-order valence-electron chi connectivity index (χ2n) is 6.47. The van der Waals surface area contributed by atoms with Gasteiger partial charge < -0.3 is 14.8 Å². The van der Waals surface area contributed by atoms with Crippen molar-refractivity contribution < 1.29 is 14.3 Å². The first-order valence-electron chi connectivity index (χ1n) is 8.32. The number of carbonyl (C=O) groups is 1. The molecular weight excluding hydrogens is 312 g/mol. The van der Waals surface area contributed by atoms with E-state index in [1.54, 1.807) is 18.4 Å². The molecular formula is C17H26N2O3S. The fourth-order valence-corrected chi connectivity index (χ4v) is 4.59. The number of ether oxygens (including phenoxy) is 2. The summed E-state index contributed by atoms with van der Waals surface area (Å²) < 4.78 is 10.9. The lowest BCUT2D eigenvalue weighted by Gasteiger charge is -2.39. The Hall–Kier alpha value is -0.950. The summed E-state index contributed by atoms with van der Waals surface area (Å²) in [6, 6.07) is 2.16. The molecule has 3 rings (SSSR count). The minimum absolute atomic E-state index is 0.0216. The molecule has 1 amide bonds. The molecule has 0 bridgehead atoms. The number of amides is 1. The van der Waals surface area contributed by atoms with Crippen LogP contribution in [-0.2, 0) is 20.8 Å². The van der Waals surface area contributed by atoms with Crippen molar-refractivity contribution in [3.8, 4) is 0 Å². The van der Waals surface area contributed by atoms with Crippen molar-refractivity contribution in [1.82, 2.24) is 10.2 Å². The fraction of sp³-hybridized carbons (Fsp3) is 0.706. The van der Waals surface area contributed by atoms with Crippen LogP contribution in [-0.4, -0.2) is 56.9 Å². The summed E-state index contributed by atoms with van der Waals surface area (Å²) >= 11 is 1.80. The van der Waals surface area contributed by atoms with Crippen LogP contribution < -0.4 is 5.32 Å². The number of thiophene rings is 1. The van der Waals surface area contributed by atoms with E-state index in [0.717, 1.165) is 32.7 Å². The van der Waals surface area contributed by atoms with Gasteiger partial charge in [-0.2, -0.15) is 0 Å². The van der Waals surface area contributed by atoms with Crippen molar-refractivity contribution in [3.05, 3.63) is 21.9 Å². The largest absolute Gasteiger partial charge is 0.383 e. The minimum Gasteiger partial charge on any atom is -0.383 e. The number of carbonyl (C=O) groups excluding carboxylic acids is 1. The van der Waals surface area contributed by atoms with Gasteiger partial charge in [0.15, 0.2) is 0 Å². The van der Waals surface area contributed by atoms with Crippen molar-refractivity contribution in [2.45, 2.75) is 26.0 Å². The lowest BCUT2D eigenvalue weighted by Crippen LogP contribution is -2.52. The molecule has 0 saturated carbocycles. The summed E-state index contributed by atoms with van der Waals surface area (Å²) in [5.41, 5.74) is 1.34. The number of piperidine rings is 1. The summed E-state index contributed by atoms with van der Waals surface area (Å²) in [6.07, 6.45) is 1.20. The van der Waals surface area contributed by atoms with Crippen LogP contribution in [0.3, 0.4) is 0 Å². The van der Waals surface area contributed by atoms with Gasteiger partial charge in [-0.3, -0.25) is 9.69 Å². The zero-order valence-corrected chi connectivity index (χ0v) is 14.7. The Balaban J connectivity index is 1.65. The van der Waals surface area contributed by atoms with Gasteiger partial charge in [0.2, 0.25) is 5.91 Å². The highest BCUT2D eigenvalue weighted by Crippen LogP contribution is 2.35. The molecule has 2 aliphatic heterocycles. The molecule has 23 heavy (non-hydrogen) atoms. The highest BCUT2D eigenvalue weighted by molar-refractivity contribution is 7.10. The SMILES string of the molecule is COCCNC(=O)[C@@H]1CN(Cc2sccc2C)C[C@H]2OCC[C@H]21. The standard InChI is InChI=1S/C17H26N2O3S/c1-12-4-8-23-16(12)11-19-9-14(17(20)18-5-7-21-2)13-3-6-22-15(13)10-19/h4,8,13-15H,3,5-7,9-11H2,1-2H3,(H,18,20)/t13-,14+,15+/m0/s1. The first-order valence-corrected chi connectivity index (χ1v) is 9.20. The van der Waals surface area contributed by atoms with Gasteiger partial charge in [-0.05, 0) is 30.4 Å². The van der Waals surface area contributed by atoms with Crippen molar-refractivity contribution in [3.63, 3.8) is 0 Å². The molecule has 2 aliphatic rings. The van der Waals surface area contributed by atoms with Crippen molar-refractivity contribution >= 4 is 17.2 Å². The normalized spacial score (nSPS) is 27.8. The molecule has 2 fully saturated rings. The fourth-order valence-electron chi connectivity index (χ4n) is 3.64. The maximum Gasteiger partial charge on any atom is 0.224 e. The van der Waals surface area contributed by atoms with E-state index in [1.807, 2.05) is 0 Å². The average Bonchev–Trinajstić information content (AvgIpc) is 3.16. The molecule has 3 atom stereocenters. The van der Waals surface area contributed by atoms with Gasteiger partial charge in [0.05, 0.1) is 18.6 Å². The number of methoxy groups -OCH3 is 1. The van der Waals surface area contributed by atoms with Crippen molar-refractivity contribution in [2.24, 2.45) is 11.8 Å². The van der Waals surface area contributed by atoms with Crippen LogP contribution in [0.2, 0.25) is 0 Å². The van der Waals surface area contributed by atoms with Crippen LogP contribution in [0.15, 0.2) is 11.4 Å². The third-order valence-electron chi connectivity index (χ3n) is 4.95. The van der Waals surface area contributed by atoms with Crippen LogP contribution in [0.1, 0.15) is 16.9 Å². The summed E-state index contributed by atoms with van der Waals surface area (Å²) in [6.45, 7) is 6.74. The monoisotopic (exact) mass is 338 g/mol. The number of nitrogens with one attached hydrogen (secondary N) is 1. The van der Waals surface area contributed by atoms with Crippen LogP contribution in [0, 0.1) is 18.8 Å². The second kappa shape index (κ2) is 7.75. The maximum absolute atomic E-state index is 12.6. The van der Waals surface area contributed by atoms with Crippen molar-refractivity contribution in [1.29, 1.82) is 0 Å². The molecule has 0 radical (unpaired) electrons. The number of hydrogen-bond donors (Lipinski definition) is 1. The molecule has 0 spiro atoms. The molecule has 128 valence electrons. The van der Waals surface area contributed by atoms with E-state index in [1.165, 1.54) is 10.4 Å².